The summed E-state index contributed by atoms with van der Waals surface area (Å²) >= 11 is 5.03. The second-order valence-electron chi connectivity index (χ2n) is 6.11. The Bertz CT molecular complexity index is 1150. The van der Waals surface area contributed by atoms with Gasteiger partial charge in [-0.15, -0.1) is 0 Å². The molecule has 2 aromatic carbocycles. The van der Waals surface area contributed by atoms with Crippen molar-refractivity contribution < 1.29 is 0 Å². The van der Waals surface area contributed by atoms with Gasteiger partial charge in [0.25, 0.3) is 5.56 Å². The van der Waals surface area contributed by atoms with Gasteiger partial charge in [0.1, 0.15) is 5.39 Å². The Hall–Kier alpha value is -2.38. The van der Waals surface area contributed by atoms with Gasteiger partial charge in [-0.3, -0.25) is 14.5 Å². The number of aryl methyl sites for hydroxylation is 1. The normalized spacial score (nSPS) is 11.2. The highest BCUT2D eigenvalue weighted by atomic mass is 79.9. The molecule has 0 fully saturated rings. The molecule has 7 heteroatoms. The average Bonchev–Trinajstić information content (AvgIpc) is 3.16. The van der Waals surface area contributed by atoms with Crippen LogP contribution >= 0.6 is 27.7 Å². The Labute approximate surface area is 169 Å². The summed E-state index contributed by atoms with van der Waals surface area (Å²) in [6.45, 7) is 2.11. The van der Waals surface area contributed by atoms with Crippen LogP contribution in [0.1, 0.15) is 18.1 Å². The third kappa shape index (κ3) is 3.70. The molecule has 4 aromatic rings. The van der Waals surface area contributed by atoms with Gasteiger partial charge in [0, 0.05) is 10.2 Å². The van der Waals surface area contributed by atoms with Gasteiger partial charge in [0.05, 0.1) is 11.9 Å². The molecule has 5 nitrogen and oxygen atoms in total. The van der Waals surface area contributed by atoms with E-state index in [4.69, 9.17) is 0 Å². The number of hydrogen-bond donors (Lipinski definition) is 1. The van der Waals surface area contributed by atoms with Crippen molar-refractivity contribution >= 4 is 38.7 Å². The lowest BCUT2D eigenvalue weighted by Crippen LogP contribution is -2.21. The molecule has 0 spiro atoms. The van der Waals surface area contributed by atoms with Crippen LogP contribution in [0.15, 0.2) is 69.2 Å². The van der Waals surface area contributed by atoms with Crippen LogP contribution in [0.25, 0.3) is 16.7 Å². The van der Waals surface area contributed by atoms with Crippen LogP contribution < -0.4 is 5.56 Å². The maximum atomic E-state index is 13.1. The molecular weight excluding hydrogens is 424 g/mol. The zero-order valence-corrected chi connectivity index (χ0v) is 17.0. The first-order valence-electron chi connectivity index (χ1n) is 8.58. The molecular formula is C20H17BrN4OS. The fourth-order valence-corrected chi connectivity index (χ4v) is 4.25. The molecule has 0 atom stereocenters. The predicted octanol–water partition coefficient (Wildman–Crippen LogP) is 4.73. The van der Waals surface area contributed by atoms with Gasteiger partial charge < -0.3 is 0 Å². The van der Waals surface area contributed by atoms with Gasteiger partial charge >= 0.3 is 0 Å². The van der Waals surface area contributed by atoms with E-state index in [1.807, 2.05) is 36.4 Å². The van der Waals surface area contributed by atoms with E-state index in [9.17, 15) is 4.79 Å². The van der Waals surface area contributed by atoms with Crippen molar-refractivity contribution in [1.29, 1.82) is 0 Å². The highest BCUT2D eigenvalue weighted by Gasteiger charge is 2.15. The molecule has 2 aromatic heterocycles. The highest BCUT2D eigenvalue weighted by Crippen LogP contribution is 2.25. The average molecular weight is 441 g/mol. The van der Waals surface area contributed by atoms with Crippen LogP contribution in [-0.4, -0.2) is 19.7 Å². The van der Waals surface area contributed by atoms with Crippen molar-refractivity contribution in [3.63, 3.8) is 0 Å². The Morgan fingerprint density at radius 3 is 2.70 bits per heavy atom. The summed E-state index contributed by atoms with van der Waals surface area (Å²) in [5, 5.41) is 7.92. The van der Waals surface area contributed by atoms with Crippen molar-refractivity contribution in [2.45, 2.75) is 24.3 Å². The van der Waals surface area contributed by atoms with E-state index in [1.165, 1.54) is 23.5 Å². The lowest BCUT2D eigenvalue weighted by Gasteiger charge is -2.12. The Kier molecular flexibility index (Phi) is 5.13. The SMILES string of the molecule is CCc1ccc(-n2c(SCc3cccc(Br)c3)nc3[nH]ncc3c2=O)cc1. The summed E-state index contributed by atoms with van der Waals surface area (Å²) < 4.78 is 2.70. The van der Waals surface area contributed by atoms with Crippen LogP contribution in [0.5, 0.6) is 0 Å². The number of nitrogens with zero attached hydrogens (tertiary/aromatic N) is 3. The third-order valence-corrected chi connectivity index (χ3v) is 5.81. The molecule has 0 unspecified atom stereocenters. The zero-order chi connectivity index (χ0) is 18.8. The summed E-state index contributed by atoms with van der Waals surface area (Å²) in [5.74, 6) is 0.707. The first kappa shape index (κ1) is 18.0. The topological polar surface area (TPSA) is 63.6 Å². The van der Waals surface area contributed by atoms with Crippen molar-refractivity contribution in [2.75, 3.05) is 0 Å². The van der Waals surface area contributed by atoms with Crippen molar-refractivity contribution in [1.82, 2.24) is 19.7 Å². The summed E-state index contributed by atoms with van der Waals surface area (Å²) in [6, 6.07) is 16.2. The van der Waals surface area contributed by atoms with E-state index in [0.29, 0.717) is 21.9 Å². The minimum absolute atomic E-state index is 0.116. The van der Waals surface area contributed by atoms with Gasteiger partial charge in [0.2, 0.25) is 0 Å². The number of hydrogen-bond acceptors (Lipinski definition) is 4. The molecule has 0 aliphatic carbocycles. The minimum atomic E-state index is -0.116. The number of fused-ring (bicyclic) bond motifs is 1. The number of aromatic amines is 1. The van der Waals surface area contributed by atoms with Crippen LogP contribution in [0.3, 0.4) is 0 Å². The van der Waals surface area contributed by atoms with Gasteiger partial charge in [-0.05, 0) is 41.8 Å². The third-order valence-electron chi connectivity index (χ3n) is 4.31. The monoisotopic (exact) mass is 440 g/mol. The van der Waals surface area contributed by atoms with Gasteiger partial charge in [-0.1, -0.05) is 58.9 Å². The smallest absolute Gasteiger partial charge is 0.268 e. The quantitative estimate of drug-likeness (QED) is 0.360. The molecule has 0 aliphatic heterocycles. The number of aromatic nitrogens is 4. The molecule has 0 aliphatic rings. The van der Waals surface area contributed by atoms with E-state index < -0.39 is 0 Å². The Morgan fingerprint density at radius 1 is 1.15 bits per heavy atom. The molecule has 2 heterocycles. The molecule has 0 saturated carbocycles. The summed E-state index contributed by atoms with van der Waals surface area (Å²) in [6.07, 6.45) is 2.49. The summed E-state index contributed by atoms with van der Waals surface area (Å²) in [4.78, 5) is 17.7. The van der Waals surface area contributed by atoms with Crippen LogP contribution in [0.2, 0.25) is 0 Å². The standard InChI is InChI=1S/C20H17BrN4OS/c1-2-13-6-8-16(9-7-13)25-19(26)17-11-22-24-18(17)23-20(25)27-12-14-4-3-5-15(21)10-14/h3-11H,2,12H2,1H3,(H,22,24). The number of halogens is 1. The minimum Gasteiger partial charge on any atom is -0.268 e. The van der Waals surface area contributed by atoms with Crippen molar-refractivity contribution in [3.05, 3.63) is 80.7 Å². The van der Waals surface area contributed by atoms with Crippen LogP contribution in [0.4, 0.5) is 0 Å². The lowest BCUT2D eigenvalue weighted by atomic mass is 10.1. The maximum absolute atomic E-state index is 13.1. The molecule has 0 bridgehead atoms. The number of rotatable bonds is 5. The van der Waals surface area contributed by atoms with Crippen molar-refractivity contribution in [3.8, 4) is 5.69 Å². The molecule has 0 saturated heterocycles. The van der Waals surface area contributed by atoms with Gasteiger partial charge in [-0.25, -0.2) is 4.98 Å². The summed E-state index contributed by atoms with van der Waals surface area (Å²) in [7, 11) is 0. The number of benzene rings is 2. The highest BCUT2D eigenvalue weighted by molar-refractivity contribution is 9.10. The lowest BCUT2D eigenvalue weighted by molar-refractivity contribution is 0.815. The largest absolute Gasteiger partial charge is 0.269 e. The Morgan fingerprint density at radius 2 is 1.96 bits per heavy atom. The fraction of sp³-hybridized carbons (Fsp3) is 0.150. The number of nitrogens with one attached hydrogen (secondary N) is 1. The molecule has 0 amide bonds. The van der Waals surface area contributed by atoms with E-state index in [-0.39, 0.29) is 5.56 Å². The zero-order valence-electron chi connectivity index (χ0n) is 14.6. The maximum Gasteiger partial charge on any atom is 0.269 e. The first-order chi connectivity index (χ1) is 13.2. The Balaban J connectivity index is 1.78. The van der Waals surface area contributed by atoms with Crippen molar-refractivity contribution in [2.24, 2.45) is 0 Å². The molecule has 27 heavy (non-hydrogen) atoms. The van der Waals surface area contributed by atoms with E-state index in [0.717, 1.165) is 22.1 Å². The number of H-pyrrole nitrogens is 1. The van der Waals surface area contributed by atoms with E-state index in [2.05, 4.69) is 50.2 Å². The number of thioether (sulfide) groups is 1. The van der Waals surface area contributed by atoms with E-state index in [1.54, 1.807) is 4.57 Å². The predicted molar refractivity (Wildman–Crippen MR) is 113 cm³/mol. The van der Waals surface area contributed by atoms with Crippen LogP contribution in [-0.2, 0) is 12.2 Å². The summed E-state index contributed by atoms with van der Waals surface area (Å²) in [5.41, 5.74) is 3.59. The first-order valence-corrected chi connectivity index (χ1v) is 10.4. The second kappa shape index (κ2) is 7.70. The molecule has 1 N–H and O–H groups in total. The van der Waals surface area contributed by atoms with Gasteiger partial charge in [0.15, 0.2) is 10.8 Å². The van der Waals surface area contributed by atoms with E-state index >= 15 is 0 Å². The van der Waals surface area contributed by atoms with Crippen LogP contribution in [0, 0.1) is 0 Å². The molecule has 136 valence electrons. The second-order valence-corrected chi connectivity index (χ2v) is 7.96. The molecule has 0 radical (unpaired) electrons. The van der Waals surface area contributed by atoms with Gasteiger partial charge in [-0.2, -0.15) is 5.10 Å². The molecule has 4 rings (SSSR count). The fourth-order valence-electron chi connectivity index (χ4n) is 2.85.